The van der Waals surface area contributed by atoms with Gasteiger partial charge in [-0.3, -0.25) is 0 Å². The van der Waals surface area contributed by atoms with Crippen LogP contribution in [0.15, 0.2) is 34.9 Å². The molecule has 1 aromatic heterocycles. The molecule has 0 aliphatic heterocycles. The number of benzene rings is 1. The number of ether oxygens (including phenoxy) is 1. The van der Waals surface area contributed by atoms with Gasteiger partial charge in [0, 0.05) is 13.5 Å². The van der Waals surface area contributed by atoms with Crippen molar-refractivity contribution in [3.05, 3.63) is 41.8 Å². The van der Waals surface area contributed by atoms with Crippen LogP contribution in [0.4, 0.5) is 6.01 Å². The van der Waals surface area contributed by atoms with E-state index in [9.17, 15) is 0 Å². The Bertz CT molecular complexity index is 489. The summed E-state index contributed by atoms with van der Waals surface area (Å²) in [6.07, 6.45) is 2.63. The van der Waals surface area contributed by atoms with Crippen molar-refractivity contribution in [3.63, 3.8) is 0 Å². The molecule has 1 N–H and O–H groups in total. The summed E-state index contributed by atoms with van der Waals surface area (Å²) in [5.41, 5.74) is 2.10. The van der Waals surface area contributed by atoms with Crippen LogP contribution >= 0.6 is 0 Å². The fourth-order valence-corrected chi connectivity index (χ4v) is 1.67. The number of nitrogens with zero attached hydrogens (tertiary/aromatic N) is 1. The lowest BCUT2D eigenvalue weighted by Crippen LogP contribution is -2.05. The molecule has 0 spiro atoms. The second-order valence-electron chi connectivity index (χ2n) is 4.38. The van der Waals surface area contributed by atoms with Gasteiger partial charge in [-0.1, -0.05) is 12.1 Å². The highest BCUT2D eigenvalue weighted by Crippen LogP contribution is 2.17. The first-order chi connectivity index (χ1) is 8.67. The lowest BCUT2D eigenvalue weighted by atomic mass is 10.1. The zero-order valence-electron chi connectivity index (χ0n) is 10.9. The van der Waals surface area contributed by atoms with Gasteiger partial charge in [-0.2, -0.15) is 4.98 Å². The second kappa shape index (κ2) is 5.58. The van der Waals surface area contributed by atoms with Crippen molar-refractivity contribution in [1.82, 2.24) is 4.98 Å². The van der Waals surface area contributed by atoms with Crippen LogP contribution in [-0.2, 0) is 6.42 Å². The zero-order valence-corrected chi connectivity index (χ0v) is 10.9. The summed E-state index contributed by atoms with van der Waals surface area (Å²) in [6, 6.07) is 8.60. The van der Waals surface area contributed by atoms with E-state index in [1.165, 1.54) is 5.56 Å². The van der Waals surface area contributed by atoms with Gasteiger partial charge < -0.3 is 14.5 Å². The van der Waals surface area contributed by atoms with Crippen molar-refractivity contribution in [2.24, 2.45) is 0 Å². The highest BCUT2D eigenvalue weighted by molar-refractivity contribution is 5.30. The summed E-state index contributed by atoms with van der Waals surface area (Å²) in [7, 11) is 1.79. The summed E-state index contributed by atoms with van der Waals surface area (Å²) in [6.45, 7) is 4.03. The Kier molecular flexibility index (Phi) is 3.87. The van der Waals surface area contributed by atoms with E-state index in [1.807, 2.05) is 38.1 Å². The standard InChI is InChI=1S/C14H18N2O2/c1-10(2)18-13-6-4-11(5-7-13)8-12-9-17-14(15-3)16-12/h4-7,9-10H,8H2,1-3H3,(H,15,16). The molecule has 0 amide bonds. The highest BCUT2D eigenvalue weighted by Gasteiger charge is 2.04. The molecule has 4 nitrogen and oxygen atoms in total. The van der Waals surface area contributed by atoms with E-state index >= 15 is 0 Å². The van der Waals surface area contributed by atoms with Crippen molar-refractivity contribution in [2.45, 2.75) is 26.4 Å². The molecule has 0 atom stereocenters. The summed E-state index contributed by atoms with van der Waals surface area (Å²) in [5.74, 6) is 0.893. The molecule has 0 aliphatic carbocycles. The van der Waals surface area contributed by atoms with E-state index in [1.54, 1.807) is 13.3 Å². The normalized spacial score (nSPS) is 10.7. The topological polar surface area (TPSA) is 47.3 Å². The lowest BCUT2D eigenvalue weighted by molar-refractivity contribution is 0.242. The average Bonchev–Trinajstić information content (AvgIpc) is 2.79. The molecule has 0 unspecified atom stereocenters. The first kappa shape index (κ1) is 12.5. The lowest BCUT2D eigenvalue weighted by Gasteiger charge is -2.09. The van der Waals surface area contributed by atoms with Crippen molar-refractivity contribution < 1.29 is 9.15 Å². The Morgan fingerprint density at radius 3 is 2.56 bits per heavy atom. The third-order valence-electron chi connectivity index (χ3n) is 2.45. The van der Waals surface area contributed by atoms with Crippen molar-refractivity contribution in [1.29, 1.82) is 0 Å². The van der Waals surface area contributed by atoms with Gasteiger partial charge in [-0.05, 0) is 31.5 Å². The van der Waals surface area contributed by atoms with Crippen LogP contribution in [0.1, 0.15) is 25.1 Å². The van der Waals surface area contributed by atoms with Gasteiger partial charge in [-0.15, -0.1) is 0 Å². The number of aromatic nitrogens is 1. The maximum absolute atomic E-state index is 5.60. The van der Waals surface area contributed by atoms with Crippen LogP contribution in [0, 0.1) is 0 Å². The molecule has 96 valence electrons. The van der Waals surface area contributed by atoms with E-state index in [-0.39, 0.29) is 6.10 Å². The number of rotatable bonds is 5. The molecular formula is C14H18N2O2. The van der Waals surface area contributed by atoms with Gasteiger partial charge in [0.15, 0.2) is 0 Å². The van der Waals surface area contributed by atoms with Crippen LogP contribution < -0.4 is 10.1 Å². The second-order valence-corrected chi connectivity index (χ2v) is 4.38. The van der Waals surface area contributed by atoms with Crippen LogP contribution in [0.2, 0.25) is 0 Å². The Hall–Kier alpha value is -1.97. The Balaban J connectivity index is 2.01. The predicted octanol–water partition coefficient (Wildman–Crippen LogP) is 3.09. The predicted molar refractivity (Wildman–Crippen MR) is 71.1 cm³/mol. The first-order valence-electron chi connectivity index (χ1n) is 6.05. The molecule has 4 heteroatoms. The largest absolute Gasteiger partial charge is 0.491 e. The molecule has 2 rings (SSSR count). The summed E-state index contributed by atoms with van der Waals surface area (Å²) in [4.78, 5) is 4.29. The minimum Gasteiger partial charge on any atom is -0.491 e. The number of anilines is 1. The number of oxazole rings is 1. The van der Waals surface area contributed by atoms with E-state index in [4.69, 9.17) is 9.15 Å². The van der Waals surface area contributed by atoms with Crippen LogP contribution in [0.3, 0.4) is 0 Å². The fourth-order valence-electron chi connectivity index (χ4n) is 1.67. The summed E-state index contributed by atoms with van der Waals surface area (Å²) >= 11 is 0. The Labute approximate surface area is 107 Å². The smallest absolute Gasteiger partial charge is 0.294 e. The number of hydrogen-bond acceptors (Lipinski definition) is 4. The first-order valence-corrected chi connectivity index (χ1v) is 6.05. The quantitative estimate of drug-likeness (QED) is 0.880. The van der Waals surface area contributed by atoms with Gasteiger partial charge in [0.05, 0.1) is 11.8 Å². The molecule has 0 fully saturated rings. The monoisotopic (exact) mass is 246 g/mol. The van der Waals surface area contributed by atoms with Crippen molar-refractivity contribution in [3.8, 4) is 5.75 Å². The summed E-state index contributed by atoms with van der Waals surface area (Å²) < 4.78 is 10.8. The van der Waals surface area contributed by atoms with Crippen molar-refractivity contribution >= 4 is 6.01 Å². The van der Waals surface area contributed by atoms with E-state index in [0.29, 0.717) is 6.01 Å². The molecule has 0 saturated heterocycles. The maximum Gasteiger partial charge on any atom is 0.294 e. The van der Waals surface area contributed by atoms with Gasteiger partial charge in [0.25, 0.3) is 6.01 Å². The summed E-state index contributed by atoms with van der Waals surface area (Å²) in [5, 5.41) is 2.87. The molecule has 1 aromatic carbocycles. The van der Waals surface area contributed by atoms with Crippen LogP contribution in [0.25, 0.3) is 0 Å². The molecule has 0 aliphatic rings. The Morgan fingerprint density at radius 1 is 1.28 bits per heavy atom. The Morgan fingerprint density at radius 2 is 2.00 bits per heavy atom. The van der Waals surface area contributed by atoms with Gasteiger partial charge >= 0.3 is 0 Å². The molecule has 0 radical (unpaired) electrons. The molecule has 0 saturated carbocycles. The molecule has 0 bridgehead atoms. The molecular weight excluding hydrogens is 228 g/mol. The molecule has 2 aromatic rings. The maximum atomic E-state index is 5.60. The van der Waals surface area contributed by atoms with Crippen molar-refractivity contribution in [2.75, 3.05) is 12.4 Å². The number of nitrogens with one attached hydrogen (secondary N) is 1. The third-order valence-corrected chi connectivity index (χ3v) is 2.45. The van der Waals surface area contributed by atoms with E-state index in [0.717, 1.165) is 17.9 Å². The minimum absolute atomic E-state index is 0.199. The van der Waals surface area contributed by atoms with E-state index in [2.05, 4.69) is 10.3 Å². The average molecular weight is 246 g/mol. The third kappa shape index (κ3) is 3.26. The SMILES string of the molecule is CNc1nc(Cc2ccc(OC(C)C)cc2)co1. The molecule has 1 heterocycles. The fraction of sp³-hybridized carbons (Fsp3) is 0.357. The van der Waals surface area contributed by atoms with Gasteiger partial charge in [0.2, 0.25) is 0 Å². The number of hydrogen-bond donors (Lipinski definition) is 1. The minimum atomic E-state index is 0.199. The van der Waals surface area contributed by atoms with Crippen LogP contribution in [0.5, 0.6) is 5.75 Å². The highest BCUT2D eigenvalue weighted by atomic mass is 16.5. The van der Waals surface area contributed by atoms with Gasteiger partial charge in [0.1, 0.15) is 12.0 Å². The molecule has 18 heavy (non-hydrogen) atoms. The van der Waals surface area contributed by atoms with E-state index < -0.39 is 0 Å². The van der Waals surface area contributed by atoms with Gasteiger partial charge in [-0.25, -0.2) is 0 Å². The van der Waals surface area contributed by atoms with Crippen LogP contribution in [-0.4, -0.2) is 18.1 Å². The zero-order chi connectivity index (χ0) is 13.0.